The summed E-state index contributed by atoms with van der Waals surface area (Å²) in [4.78, 5) is 4.16. The molecule has 0 fully saturated rings. The molecule has 0 aromatic heterocycles. The minimum atomic E-state index is 0.289. The summed E-state index contributed by atoms with van der Waals surface area (Å²) >= 11 is 0. The Labute approximate surface area is 68.6 Å². The van der Waals surface area contributed by atoms with Crippen LogP contribution in [0.25, 0.3) is 0 Å². The van der Waals surface area contributed by atoms with Gasteiger partial charge in [0.25, 0.3) is 0 Å². The maximum Gasteiger partial charge on any atom is 0.0963 e. The van der Waals surface area contributed by atoms with Crippen LogP contribution in [-0.4, -0.2) is 25.1 Å². The van der Waals surface area contributed by atoms with E-state index in [1.54, 1.807) is 0 Å². The Morgan fingerprint density at radius 2 is 2.18 bits per heavy atom. The summed E-state index contributed by atoms with van der Waals surface area (Å²) in [6.07, 6.45) is 0.742. The lowest BCUT2D eigenvalue weighted by molar-refractivity contribution is 0.155. The Kier molecular flexibility index (Phi) is 5.84. The molecule has 0 amide bonds. The van der Waals surface area contributed by atoms with Crippen LogP contribution in [0.2, 0.25) is 0 Å². The first-order valence-corrected chi connectivity index (χ1v) is 4.06. The monoisotopic (exact) mass is 158 g/mol. The van der Waals surface area contributed by atoms with Gasteiger partial charge in [0.05, 0.1) is 12.4 Å². The van der Waals surface area contributed by atoms with Crippen LogP contribution in [0.1, 0.15) is 27.2 Å². The summed E-state index contributed by atoms with van der Waals surface area (Å²) in [7, 11) is 0. The van der Waals surface area contributed by atoms with Gasteiger partial charge in [0.15, 0.2) is 0 Å². The molecule has 3 nitrogen and oxygen atoms in total. The molecular weight excluding hydrogens is 140 g/mol. The Morgan fingerprint density at radius 3 is 2.64 bits per heavy atom. The van der Waals surface area contributed by atoms with Crippen molar-refractivity contribution in [1.29, 1.82) is 0 Å². The lowest BCUT2D eigenvalue weighted by Gasteiger charge is -2.02. The largest absolute Gasteiger partial charge is 0.387 e. The molecule has 0 radical (unpaired) electrons. The molecule has 0 spiro atoms. The predicted molar refractivity (Wildman–Crippen MR) is 47.9 cm³/mol. The number of hydrogen-bond donors (Lipinski definition) is 1. The van der Waals surface area contributed by atoms with Gasteiger partial charge in [-0.15, -0.1) is 0 Å². The van der Waals surface area contributed by atoms with Crippen LogP contribution in [0.4, 0.5) is 0 Å². The first kappa shape index (κ1) is 10.4. The lowest BCUT2D eigenvalue weighted by Crippen LogP contribution is -2.16. The van der Waals surface area contributed by atoms with Gasteiger partial charge in [0.2, 0.25) is 0 Å². The molecule has 0 aliphatic rings. The van der Waals surface area contributed by atoms with Crippen molar-refractivity contribution in [2.45, 2.75) is 33.2 Å². The second-order valence-electron chi connectivity index (χ2n) is 2.66. The SMILES string of the molecule is CCOCCC(N)=NC(C)C. The predicted octanol–water partition coefficient (Wildman–Crippen LogP) is 1.18. The Morgan fingerprint density at radius 1 is 1.55 bits per heavy atom. The second-order valence-corrected chi connectivity index (χ2v) is 2.66. The molecule has 0 aliphatic heterocycles. The smallest absolute Gasteiger partial charge is 0.0963 e. The molecule has 11 heavy (non-hydrogen) atoms. The highest BCUT2D eigenvalue weighted by Crippen LogP contribution is 1.89. The van der Waals surface area contributed by atoms with E-state index >= 15 is 0 Å². The third kappa shape index (κ3) is 7.33. The number of aliphatic imine (C=N–C) groups is 1. The minimum absolute atomic E-state index is 0.289. The fourth-order valence-corrected chi connectivity index (χ4v) is 0.717. The van der Waals surface area contributed by atoms with Crippen LogP contribution in [0.3, 0.4) is 0 Å². The standard InChI is InChI=1S/C8H18N2O/c1-4-11-6-5-8(9)10-7(2)3/h7H,4-6H2,1-3H3,(H2,9,10). The zero-order valence-corrected chi connectivity index (χ0v) is 7.63. The maximum atomic E-state index is 5.59. The van der Waals surface area contributed by atoms with Gasteiger partial charge in [-0.1, -0.05) is 0 Å². The fourth-order valence-electron chi connectivity index (χ4n) is 0.717. The Balaban J connectivity index is 3.43. The first-order chi connectivity index (χ1) is 5.16. The highest BCUT2D eigenvalue weighted by molar-refractivity contribution is 5.80. The zero-order chi connectivity index (χ0) is 8.69. The molecule has 0 bridgehead atoms. The molecule has 0 unspecified atom stereocenters. The molecule has 3 heteroatoms. The van der Waals surface area contributed by atoms with Crippen molar-refractivity contribution in [2.75, 3.05) is 13.2 Å². The number of nitrogens with two attached hydrogens (primary N) is 1. The summed E-state index contributed by atoms with van der Waals surface area (Å²) in [6.45, 7) is 7.41. The molecule has 0 aromatic rings. The van der Waals surface area contributed by atoms with Crippen molar-refractivity contribution < 1.29 is 4.74 Å². The molecule has 0 aromatic carbocycles. The van der Waals surface area contributed by atoms with E-state index in [1.807, 2.05) is 20.8 Å². The van der Waals surface area contributed by atoms with Crippen LogP contribution < -0.4 is 5.73 Å². The number of rotatable bonds is 5. The summed E-state index contributed by atoms with van der Waals surface area (Å²) < 4.78 is 5.12. The van der Waals surface area contributed by atoms with Gasteiger partial charge in [-0.2, -0.15) is 0 Å². The van der Waals surface area contributed by atoms with E-state index in [4.69, 9.17) is 10.5 Å². The van der Waals surface area contributed by atoms with E-state index in [0.29, 0.717) is 12.4 Å². The van der Waals surface area contributed by atoms with Gasteiger partial charge >= 0.3 is 0 Å². The van der Waals surface area contributed by atoms with E-state index in [2.05, 4.69) is 4.99 Å². The summed E-state index contributed by atoms with van der Waals surface area (Å²) in [5, 5.41) is 0. The molecular formula is C8H18N2O. The molecule has 0 heterocycles. The average molecular weight is 158 g/mol. The molecule has 2 N–H and O–H groups in total. The van der Waals surface area contributed by atoms with Crippen LogP contribution in [0.5, 0.6) is 0 Å². The van der Waals surface area contributed by atoms with Crippen molar-refractivity contribution in [2.24, 2.45) is 10.7 Å². The third-order valence-corrected chi connectivity index (χ3v) is 1.13. The second kappa shape index (κ2) is 6.16. The quantitative estimate of drug-likeness (QED) is 0.371. The minimum Gasteiger partial charge on any atom is -0.387 e. The van der Waals surface area contributed by atoms with Crippen molar-refractivity contribution in [3.05, 3.63) is 0 Å². The number of ether oxygens (including phenoxy) is 1. The van der Waals surface area contributed by atoms with Gasteiger partial charge in [-0.25, -0.2) is 0 Å². The van der Waals surface area contributed by atoms with Crippen LogP contribution in [0.15, 0.2) is 4.99 Å². The lowest BCUT2D eigenvalue weighted by atomic mass is 10.4. The van der Waals surface area contributed by atoms with Crippen LogP contribution >= 0.6 is 0 Å². The molecule has 0 saturated heterocycles. The van der Waals surface area contributed by atoms with E-state index in [9.17, 15) is 0 Å². The molecule has 0 saturated carbocycles. The highest BCUT2D eigenvalue weighted by atomic mass is 16.5. The van der Waals surface area contributed by atoms with E-state index in [-0.39, 0.29) is 6.04 Å². The number of nitrogens with zero attached hydrogens (tertiary/aromatic N) is 1. The molecule has 0 rings (SSSR count). The van der Waals surface area contributed by atoms with Crippen LogP contribution in [-0.2, 0) is 4.74 Å². The van der Waals surface area contributed by atoms with Crippen molar-refractivity contribution in [1.82, 2.24) is 0 Å². The summed E-state index contributed by atoms with van der Waals surface area (Å²) in [5.74, 6) is 0.688. The van der Waals surface area contributed by atoms with Gasteiger partial charge in [-0.3, -0.25) is 4.99 Å². The zero-order valence-electron chi connectivity index (χ0n) is 7.63. The molecule has 66 valence electrons. The van der Waals surface area contributed by atoms with Crippen LogP contribution in [0, 0.1) is 0 Å². The van der Waals surface area contributed by atoms with Crippen molar-refractivity contribution in [3.8, 4) is 0 Å². The van der Waals surface area contributed by atoms with E-state index < -0.39 is 0 Å². The van der Waals surface area contributed by atoms with E-state index in [1.165, 1.54) is 0 Å². The fraction of sp³-hybridized carbons (Fsp3) is 0.875. The number of hydrogen-bond acceptors (Lipinski definition) is 2. The van der Waals surface area contributed by atoms with Crippen molar-refractivity contribution in [3.63, 3.8) is 0 Å². The summed E-state index contributed by atoms with van der Waals surface area (Å²) in [6, 6.07) is 0.289. The number of amidine groups is 1. The van der Waals surface area contributed by atoms with Crippen molar-refractivity contribution >= 4 is 5.84 Å². The Bertz CT molecular complexity index is 121. The van der Waals surface area contributed by atoms with Gasteiger partial charge in [0.1, 0.15) is 0 Å². The Hall–Kier alpha value is -0.570. The van der Waals surface area contributed by atoms with E-state index in [0.717, 1.165) is 13.0 Å². The topological polar surface area (TPSA) is 47.6 Å². The first-order valence-electron chi connectivity index (χ1n) is 4.06. The average Bonchev–Trinajstić information content (AvgIpc) is 1.86. The van der Waals surface area contributed by atoms with Gasteiger partial charge in [-0.05, 0) is 20.8 Å². The maximum absolute atomic E-state index is 5.59. The molecule has 0 aliphatic carbocycles. The molecule has 0 atom stereocenters. The third-order valence-electron chi connectivity index (χ3n) is 1.13. The van der Waals surface area contributed by atoms with Gasteiger partial charge < -0.3 is 10.5 Å². The van der Waals surface area contributed by atoms with Gasteiger partial charge in [0, 0.05) is 19.1 Å². The normalized spacial score (nSPS) is 12.5. The highest BCUT2D eigenvalue weighted by Gasteiger charge is 1.93. The summed E-state index contributed by atoms with van der Waals surface area (Å²) in [5.41, 5.74) is 5.59.